The van der Waals surface area contributed by atoms with Gasteiger partial charge in [-0.05, 0) is 26.2 Å². The molecule has 1 aliphatic rings. The number of ether oxygens (including phenoxy) is 1. The van der Waals surface area contributed by atoms with Gasteiger partial charge in [-0.2, -0.15) is 0 Å². The molecule has 0 spiro atoms. The van der Waals surface area contributed by atoms with Gasteiger partial charge in [-0.1, -0.05) is 0 Å². The molecule has 7 heteroatoms. The molecular weight excluding hydrogens is 306 g/mol. The highest BCUT2D eigenvalue weighted by atomic mass is 16.5. The van der Waals surface area contributed by atoms with E-state index in [0.29, 0.717) is 18.2 Å². The van der Waals surface area contributed by atoms with Gasteiger partial charge in [0, 0.05) is 50.7 Å². The molecule has 1 atom stereocenters. The molecule has 0 N–H and O–H groups in total. The Morgan fingerprint density at radius 3 is 2.79 bits per heavy atom. The lowest BCUT2D eigenvalue weighted by Gasteiger charge is -2.35. The van der Waals surface area contributed by atoms with Gasteiger partial charge in [-0.25, -0.2) is 4.98 Å². The van der Waals surface area contributed by atoms with E-state index in [1.807, 2.05) is 26.2 Å². The van der Waals surface area contributed by atoms with E-state index in [1.165, 1.54) is 0 Å². The van der Waals surface area contributed by atoms with E-state index in [9.17, 15) is 4.79 Å². The number of morpholine rings is 1. The van der Waals surface area contributed by atoms with Crippen LogP contribution in [0.2, 0.25) is 0 Å². The Labute approximate surface area is 141 Å². The first kappa shape index (κ1) is 16.6. The Hall–Kier alpha value is -2.25. The molecule has 1 fully saturated rings. The molecule has 1 saturated heterocycles. The fraction of sp³-hybridized carbons (Fsp3) is 0.471. The van der Waals surface area contributed by atoms with Gasteiger partial charge >= 0.3 is 0 Å². The monoisotopic (exact) mass is 329 g/mol. The first-order valence-corrected chi connectivity index (χ1v) is 8.04. The summed E-state index contributed by atoms with van der Waals surface area (Å²) in [6.45, 7) is 2.92. The number of likely N-dealkylation sites (N-methyl/N-ethyl adjacent to an activating group) is 1. The van der Waals surface area contributed by atoms with Crippen LogP contribution in [0.4, 0.5) is 5.95 Å². The third-order valence-corrected chi connectivity index (χ3v) is 4.08. The van der Waals surface area contributed by atoms with Gasteiger partial charge in [0.25, 0.3) is 5.56 Å². The molecular formula is C17H23N5O2. The molecule has 24 heavy (non-hydrogen) atoms. The summed E-state index contributed by atoms with van der Waals surface area (Å²) in [5, 5.41) is 0. The molecule has 0 radical (unpaired) electrons. The average molecular weight is 329 g/mol. The van der Waals surface area contributed by atoms with Crippen molar-refractivity contribution in [2.24, 2.45) is 7.05 Å². The van der Waals surface area contributed by atoms with Crippen molar-refractivity contribution in [2.75, 3.05) is 45.2 Å². The van der Waals surface area contributed by atoms with Gasteiger partial charge in [0.15, 0.2) is 0 Å². The summed E-state index contributed by atoms with van der Waals surface area (Å²) in [7, 11) is 5.82. The molecule has 1 unspecified atom stereocenters. The Kier molecular flexibility index (Phi) is 4.92. The van der Waals surface area contributed by atoms with Crippen molar-refractivity contribution in [1.29, 1.82) is 0 Å². The van der Waals surface area contributed by atoms with Crippen molar-refractivity contribution < 1.29 is 4.74 Å². The summed E-state index contributed by atoms with van der Waals surface area (Å²) >= 11 is 0. The minimum absolute atomic E-state index is 0.0672. The number of aromatic nitrogens is 3. The molecule has 2 aromatic rings. The summed E-state index contributed by atoms with van der Waals surface area (Å²) in [5.74, 6) is 0.682. The van der Waals surface area contributed by atoms with Crippen molar-refractivity contribution in [3.8, 4) is 11.3 Å². The van der Waals surface area contributed by atoms with E-state index in [4.69, 9.17) is 9.72 Å². The third-order valence-electron chi connectivity index (χ3n) is 4.08. The number of pyridine rings is 1. The van der Waals surface area contributed by atoms with E-state index < -0.39 is 0 Å². The van der Waals surface area contributed by atoms with Gasteiger partial charge in [-0.3, -0.25) is 14.3 Å². The Bertz CT molecular complexity index is 744. The number of hydrogen-bond donors (Lipinski definition) is 0. The van der Waals surface area contributed by atoms with Crippen LogP contribution in [0, 0.1) is 0 Å². The minimum atomic E-state index is -0.0672. The van der Waals surface area contributed by atoms with E-state index >= 15 is 0 Å². The van der Waals surface area contributed by atoms with E-state index in [1.54, 1.807) is 30.1 Å². The van der Waals surface area contributed by atoms with E-state index in [2.05, 4.69) is 14.8 Å². The van der Waals surface area contributed by atoms with Crippen LogP contribution in [0.5, 0.6) is 0 Å². The van der Waals surface area contributed by atoms with Gasteiger partial charge < -0.3 is 14.5 Å². The maximum Gasteiger partial charge on any atom is 0.255 e. The first-order valence-electron chi connectivity index (χ1n) is 8.04. The lowest BCUT2D eigenvalue weighted by atomic mass is 10.2. The largest absolute Gasteiger partial charge is 0.373 e. The molecule has 128 valence electrons. The molecule has 7 nitrogen and oxygen atoms in total. The summed E-state index contributed by atoms with van der Waals surface area (Å²) in [6.07, 6.45) is 3.52. The fourth-order valence-corrected chi connectivity index (χ4v) is 2.90. The SMILES string of the molecule is CN(C)CC1CN(c2nc(-c3ccncc3)cc(=O)n2C)CCO1. The smallest absolute Gasteiger partial charge is 0.255 e. The van der Waals surface area contributed by atoms with Gasteiger partial charge in [-0.15, -0.1) is 0 Å². The molecule has 0 amide bonds. The number of rotatable bonds is 4. The van der Waals surface area contributed by atoms with Crippen LogP contribution in [-0.4, -0.2) is 65.9 Å². The minimum Gasteiger partial charge on any atom is -0.373 e. The van der Waals surface area contributed by atoms with Gasteiger partial charge in [0.2, 0.25) is 5.95 Å². The zero-order valence-corrected chi connectivity index (χ0v) is 14.3. The van der Waals surface area contributed by atoms with E-state index in [0.717, 1.165) is 25.2 Å². The molecule has 0 bridgehead atoms. The lowest BCUT2D eigenvalue weighted by Crippen LogP contribution is -2.48. The molecule has 3 heterocycles. The van der Waals surface area contributed by atoms with Crippen LogP contribution in [-0.2, 0) is 11.8 Å². The quantitative estimate of drug-likeness (QED) is 0.819. The topological polar surface area (TPSA) is 63.5 Å². The van der Waals surface area contributed by atoms with Crippen LogP contribution in [0.25, 0.3) is 11.3 Å². The Morgan fingerprint density at radius 1 is 1.33 bits per heavy atom. The molecule has 0 aliphatic carbocycles. The lowest BCUT2D eigenvalue weighted by molar-refractivity contribution is 0.0240. The Morgan fingerprint density at radius 2 is 2.08 bits per heavy atom. The fourth-order valence-electron chi connectivity index (χ4n) is 2.90. The molecule has 0 aromatic carbocycles. The second-order valence-electron chi connectivity index (χ2n) is 6.28. The van der Waals surface area contributed by atoms with Crippen molar-refractivity contribution in [1.82, 2.24) is 19.4 Å². The van der Waals surface area contributed by atoms with Crippen molar-refractivity contribution in [3.63, 3.8) is 0 Å². The maximum atomic E-state index is 12.4. The number of nitrogens with zero attached hydrogens (tertiary/aromatic N) is 5. The third kappa shape index (κ3) is 3.63. The predicted octanol–water partition coefficient (Wildman–Crippen LogP) is 0.609. The summed E-state index contributed by atoms with van der Waals surface area (Å²) in [5.41, 5.74) is 1.50. The van der Waals surface area contributed by atoms with Crippen molar-refractivity contribution in [3.05, 3.63) is 40.9 Å². The second-order valence-corrected chi connectivity index (χ2v) is 6.28. The van der Waals surface area contributed by atoms with Crippen LogP contribution >= 0.6 is 0 Å². The number of anilines is 1. The zero-order valence-electron chi connectivity index (χ0n) is 14.3. The van der Waals surface area contributed by atoms with Crippen LogP contribution in [0.3, 0.4) is 0 Å². The van der Waals surface area contributed by atoms with Crippen molar-refractivity contribution in [2.45, 2.75) is 6.10 Å². The first-order chi connectivity index (χ1) is 11.5. The molecule has 3 rings (SSSR count). The highest BCUT2D eigenvalue weighted by molar-refractivity contribution is 5.59. The molecule has 1 aliphatic heterocycles. The summed E-state index contributed by atoms with van der Waals surface area (Å²) in [6, 6.07) is 5.29. The zero-order chi connectivity index (χ0) is 17.1. The average Bonchev–Trinajstić information content (AvgIpc) is 2.57. The highest BCUT2D eigenvalue weighted by Crippen LogP contribution is 2.19. The normalized spacial score (nSPS) is 18.2. The predicted molar refractivity (Wildman–Crippen MR) is 93.2 cm³/mol. The van der Waals surface area contributed by atoms with E-state index in [-0.39, 0.29) is 11.7 Å². The van der Waals surface area contributed by atoms with Gasteiger partial charge in [0.05, 0.1) is 18.4 Å². The van der Waals surface area contributed by atoms with Crippen LogP contribution < -0.4 is 10.5 Å². The van der Waals surface area contributed by atoms with Crippen LogP contribution in [0.1, 0.15) is 0 Å². The second kappa shape index (κ2) is 7.11. The molecule has 2 aromatic heterocycles. The molecule has 0 saturated carbocycles. The maximum absolute atomic E-state index is 12.4. The van der Waals surface area contributed by atoms with Crippen molar-refractivity contribution >= 4 is 5.95 Å². The van der Waals surface area contributed by atoms with Gasteiger partial charge in [0.1, 0.15) is 0 Å². The number of hydrogen-bond acceptors (Lipinski definition) is 6. The summed E-state index contributed by atoms with van der Waals surface area (Å²) in [4.78, 5) is 25.4. The standard InChI is InChI=1S/C17H23N5O2/c1-20(2)11-14-12-22(8-9-24-14)17-19-15(10-16(23)21(17)3)13-4-6-18-7-5-13/h4-7,10,14H,8-9,11-12H2,1-3H3. The Balaban J connectivity index is 1.92. The highest BCUT2D eigenvalue weighted by Gasteiger charge is 2.24. The van der Waals surface area contributed by atoms with Crippen LogP contribution in [0.15, 0.2) is 35.4 Å². The summed E-state index contributed by atoms with van der Waals surface area (Å²) < 4.78 is 7.42.